The van der Waals surface area contributed by atoms with Gasteiger partial charge in [0.1, 0.15) is 0 Å². The Morgan fingerprint density at radius 3 is 2.44 bits per heavy atom. The maximum atomic E-state index is 12.1. The highest BCUT2D eigenvalue weighted by atomic mass is 35.5. The maximum Gasteiger partial charge on any atom is 0.340 e. The number of nitro groups is 1. The number of hydrogen-bond donors (Lipinski definition) is 1. The number of amides is 1. The summed E-state index contributed by atoms with van der Waals surface area (Å²) in [6.45, 7) is 1.38. The molecule has 0 aliphatic heterocycles. The minimum atomic E-state index is -1.13. The molecule has 9 heteroatoms. The normalized spacial score (nSPS) is 11.5. The minimum absolute atomic E-state index is 0.00724. The Kier molecular flexibility index (Phi) is 5.95. The van der Waals surface area contributed by atoms with Crippen LogP contribution >= 0.6 is 23.2 Å². The fourth-order valence-electron chi connectivity index (χ4n) is 1.86. The second-order valence-electron chi connectivity index (χ2n) is 4.94. The Balaban J connectivity index is 2.04. The summed E-state index contributed by atoms with van der Waals surface area (Å²) >= 11 is 11.8. The van der Waals surface area contributed by atoms with Gasteiger partial charge in [-0.05, 0) is 25.1 Å². The number of carbonyl (C=O) groups is 2. The van der Waals surface area contributed by atoms with Gasteiger partial charge in [-0.2, -0.15) is 0 Å². The molecule has 2 aromatic rings. The van der Waals surface area contributed by atoms with Crippen molar-refractivity contribution < 1.29 is 19.2 Å². The molecular weight excluding hydrogens is 371 g/mol. The second-order valence-corrected chi connectivity index (χ2v) is 5.75. The Hall–Kier alpha value is -2.64. The molecule has 0 fully saturated rings. The Labute approximate surface area is 152 Å². The summed E-state index contributed by atoms with van der Waals surface area (Å²) in [5.41, 5.74) is 0.0938. The number of esters is 1. The molecule has 0 aliphatic carbocycles. The van der Waals surface area contributed by atoms with Crippen LogP contribution in [0.15, 0.2) is 42.5 Å². The van der Waals surface area contributed by atoms with Gasteiger partial charge in [-0.25, -0.2) is 4.79 Å². The van der Waals surface area contributed by atoms with Gasteiger partial charge in [-0.3, -0.25) is 14.9 Å². The van der Waals surface area contributed by atoms with Crippen LogP contribution in [-0.2, 0) is 9.53 Å². The number of non-ortho nitro benzene ring substituents is 1. The highest BCUT2D eigenvalue weighted by Crippen LogP contribution is 2.27. The number of rotatable bonds is 5. The Bertz CT molecular complexity index is 841. The highest BCUT2D eigenvalue weighted by molar-refractivity contribution is 6.34. The van der Waals surface area contributed by atoms with Crippen LogP contribution in [0.25, 0.3) is 0 Å². The standard InChI is InChI=1S/C16H12Cl2N2O5/c1-9(25-16(22)11-4-2-3-5-12(11)17)15(21)19-14-7-6-10(20(23)24)8-13(14)18/h2-9H,1H3,(H,19,21). The molecule has 2 rings (SSSR count). The number of benzene rings is 2. The van der Waals surface area contributed by atoms with Crippen molar-refractivity contribution in [2.45, 2.75) is 13.0 Å². The van der Waals surface area contributed by atoms with Gasteiger partial charge in [-0.15, -0.1) is 0 Å². The van der Waals surface area contributed by atoms with Gasteiger partial charge >= 0.3 is 5.97 Å². The third kappa shape index (κ3) is 4.68. The number of nitrogens with zero attached hydrogens (tertiary/aromatic N) is 1. The summed E-state index contributed by atoms with van der Waals surface area (Å²) in [6.07, 6.45) is -1.13. The molecule has 0 saturated heterocycles. The third-order valence-corrected chi connectivity index (χ3v) is 3.81. The molecular formula is C16H12Cl2N2O5. The van der Waals surface area contributed by atoms with Crippen molar-refractivity contribution in [1.29, 1.82) is 0 Å². The fraction of sp³-hybridized carbons (Fsp3) is 0.125. The van der Waals surface area contributed by atoms with E-state index in [-0.39, 0.29) is 27.0 Å². The van der Waals surface area contributed by atoms with E-state index in [1.54, 1.807) is 12.1 Å². The van der Waals surface area contributed by atoms with E-state index in [1.807, 2.05) is 0 Å². The number of nitrogens with one attached hydrogen (secondary N) is 1. The first kappa shape index (κ1) is 18.7. The summed E-state index contributed by atoms with van der Waals surface area (Å²) in [5.74, 6) is -1.39. The van der Waals surface area contributed by atoms with Crippen molar-refractivity contribution in [1.82, 2.24) is 0 Å². The fourth-order valence-corrected chi connectivity index (χ4v) is 2.29. The summed E-state index contributed by atoms with van der Waals surface area (Å²) in [5, 5.41) is 13.3. The molecule has 0 aliphatic rings. The number of halogens is 2. The summed E-state index contributed by atoms with van der Waals surface area (Å²) in [4.78, 5) is 34.2. The minimum Gasteiger partial charge on any atom is -0.449 e. The number of nitro benzene ring substituents is 1. The van der Waals surface area contributed by atoms with Crippen LogP contribution in [0, 0.1) is 10.1 Å². The van der Waals surface area contributed by atoms with Gasteiger partial charge in [0.05, 0.1) is 26.2 Å². The molecule has 25 heavy (non-hydrogen) atoms. The zero-order chi connectivity index (χ0) is 18.6. The molecule has 0 heterocycles. The Morgan fingerprint density at radius 2 is 1.84 bits per heavy atom. The second kappa shape index (κ2) is 7.96. The lowest BCUT2D eigenvalue weighted by atomic mass is 10.2. The molecule has 7 nitrogen and oxygen atoms in total. The average molecular weight is 383 g/mol. The van der Waals surface area contributed by atoms with E-state index in [0.717, 1.165) is 6.07 Å². The molecule has 1 N–H and O–H groups in total. The molecule has 1 unspecified atom stereocenters. The maximum absolute atomic E-state index is 12.1. The molecule has 1 atom stereocenters. The zero-order valence-corrected chi connectivity index (χ0v) is 14.4. The van der Waals surface area contributed by atoms with E-state index >= 15 is 0 Å². The average Bonchev–Trinajstić information content (AvgIpc) is 2.56. The van der Waals surface area contributed by atoms with Crippen molar-refractivity contribution in [3.05, 3.63) is 68.2 Å². The number of ether oxygens (including phenoxy) is 1. The van der Waals surface area contributed by atoms with Crippen LogP contribution in [0.3, 0.4) is 0 Å². The van der Waals surface area contributed by atoms with E-state index in [1.165, 1.54) is 31.2 Å². The van der Waals surface area contributed by atoms with Crippen LogP contribution < -0.4 is 5.32 Å². The van der Waals surface area contributed by atoms with E-state index in [9.17, 15) is 19.7 Å². The van der Waals surface area contributed by atoms with E-state index in [2.05, 4.69) is 5.32 Å². The predicted molar refractivity (Wildman–Crippen MR) is 93.1 cm³/mol. The molecule has 0 aromatic heterocycles. The van der Waals surface area contributed by atoms with E-state index in [4.69, 9.17) is 27.9 Å². The van der Waals surface area contributed by atoms with Crippen molar-refractivity contribution >= 4 is 46.5 Å². The van der Waals surface area contributed by atoms with Gasteiger partial charge in [0.2, 0.25) is 0 Å². The first-order valence-electron chi connectivity index (χ1n) is 7.00. The predicted octanol–water partition coefficient (Wildman–Crippen LogP) is 4.09. The SMILES string of the molecule is CC(OC(=O)c1ccccc1Cl)C(=O)Nc1ccc([N+](=O)[O-])cc1Cl. The van der Waals surface area contributed by atoms with E-state index < -0.39 is 22.9 Å². The van der Waals surface area contributed by atoms with Crippen molar-refractivity contribution in [2.24, 2.45) is 0 Å². The quantitative estimate of drug-likeness (QED) is 0.477. The topological polar surface area (TPSA) is 98.5 Å². The molecule has 0 bridgehead atoms. The monoisotopic (exact) mass is 382 g/mol. The summed E-state index contributed by atoms with van der Waals surface area (Å²) in [7, 11) is 0. The summed E-state index contributed by atoms with van der Waals surface area (Å²) < 4.78 is 5.07. The Morgan fingerprint density at radius 1 is 1.16 bits per heavy atom. The molecule has 0 saturated carbocycles. The van der Waals surface area contributed by atoms with Gasteiger partial charge in [0, 0.05) is 12.1 Å². The number of anilines is 1. The van der Waals surface area contributed by atoms with Gasteiger partial charge in [0.15, 0.2) is 6.10 Å². The van der Waals surface area contributed by atoms with Gasteiger partial charge in [-0.1, -0.05) is 35.3 Å². The van der Waals surface area contributed by atoms with Crippen molar-refractivity contribution in [3.8, 4) is 0 Å². The lowest BCUT2D eigenvalue weighted by molar-refractivity contribution is -0.384. The molecule has 1 amide bonds. The number of carbonyl (C=O) groups excluding carboxylic acids is 2. The molecule has 130 valence electrons. The molecule has 0 radical (unpaired) electrons. The first-order chi connectivity index (χ1) is 11.8. The van der Waals surface area contributed by atoms with Gasteiger partial charge in [0.25, 0.3) is 11.6 Å². The summed E-state index contributed by atoms with van der Waals surface area (Å²) in [6, 6.07) is 9.87. The van der Waals surface area contributed by atoms with Crippen LogP contribution in [0.1, 0.15) is 17.3 Å². The highest BCUT2D eigenvalue weighted by Gasteiger charge is 2.21. The van der Waals surface area contributed by atoms with Crippen LogP contribution in [0.4, 0.5) is 11.4 Å². The molecule has 0 spiro atoms. The van der Waals surface area contributed by atoms with Crippen molar-refractivity contribution in [2.75, 3.05) is 5.32 Å². The third-order valence-electron chi connectivity index (χ3n) is 3.17. The molecule has 2 aromatic carbocycles. The van der Waals surface area contributed by atoms with Crippen LogP contribution in [-0.4, -0.2) is 22.9 Å². The zero-order valence-electron chi connectivity index (χ0n) is 12.9. The smallest absolute Gasteiger partial charge is 0.340 e. The lowest BCUT2D eigenvalue weighted by Crippen LogP contribution is -2.30. The first-order valence-corrected chi connectivity index (χ1v) is 7.75. The van der Waals surface area contributed by atoms with E-state index in [0.29, 0.717) is 0 Å². The van der Waals surface area contributed by atoms with Crippen molar-refractivity contribution in [3.63, 3.8) is 0 Å². The largest absolute Gasteiger partial charge is 0.449 e. The number of hydrogen-bond acceptors (Lipinski definition) is 5. The van der Waals surface area contributed by atoms with Gasteiger partial charge < -0.3 is 10.1 Å². The van der Waals surface area contributed by atoms with Crippen LogP contribution in [0.2, 0.25) is 10.0 Å². The lowest BCUT2D eigenvalue weighted by Gasteiger charge is -2.14. The van der Waals surface area contributed by atoms with Crippen LogP contribution in [0.5, 0.6) is 0 Å².